The van der Waals surface area contributed by atoms with Crippen LogP contribution in [0.4, 0.5) is 0 Å². The van der Waals surface area contributed by atoms with Gasteiger partial charge in [0, 0.05) is 25.4 Å². The molecule has 0 aromatic carbocycles. The summed E-state index contributed by atoms with van der Waals surface area (Å²) in [6.07, 6.45) is 0.336. The van der Waals surface area contributed by atoms with Crippen LogP contribution in [0.25, 0.3) is 0 Å². The van der Waals surface area contributed by atoms with Crippen molar-refractivity contribution in [3.63, 3.8) is 0 Å². The molecule has 0 aromatic heterocycles. The van der Waals surface area contributed by atoms with Crippen molar-refractivity contribution < 1.29 is 9.53 Å². The van der Waals surface area contributed by atoms with Gasteiger partial charge in [0.25, 0.3) is 0 Å². The van der Waals surface area contributed by atoms with Gasteiger partial charge in [-0.25, -0.2) is 0 Å². The molecule has 1 heterocycles. The van der Waals surface area contributed by atoms with E-state index in [1.165, 1.54) is 0 Å². The molecule has 0 unspecified atom stereocenters. The highest BCUT2D eigenvalue weighted by molar-refractivity contribution is 5.73. The summed E-state index contributed by atoms with van der Waals surface area (Å²) in [4.78, 5) is 12.6. The molecule has 1 rings (SSSR count). The van der Waals surface area contributed by atoms with Gasteiger partial charge < -0.3 is 15.4 Å². The molecule has 0 saturated carbocycles. The van der Waals surface area contributed by atoms with E-state index in [4.69, 9.17) is 10.5 Å². The monoisotopic (exact) mass is 172 g/mol. The molecule has 1 aliphatic heterocycles. The van der Waals surface area contributed by atoms with E-state index in [2.05, 4.69) is 11.9 Å². The molecule has 0 aromatic rings. The van der Waals surface area contributed by atoms with Gasteiger partial charge >= 0.3 is 0 Å². The number of ether oxygens (including phenoxy) is 1. The van der Waals surface area contributed by atoms with Crippen molar-refractivity contribution in [2.45, 2.75) is 6.42 Å². The number of rotatable bonds is 5. The van der Waals surface area contributed by atoms with Gasteiger partial charge in [-0.1, -0.05) is 0 Å². The third-order valence-corrected chi connectivity index (χ3v) is 1.99. The fourth-order valence-electron chi connectivity index (χ4n) is 1.36. The highest BCUT2D eigenvalue weighted by atomic mass is 16.5. The summed E-state index contributed by atoms with van der Waals surface area (Å²) in [5.74, 6) is 0.364. The predicted octanol–water partition coefficient (Wildman–Crippen LogP) is -0.560. The zero-order chi connectivity index (χ0) is 8.97. The van der Waals surface area contributed by atoms with Crippen molar-refractivity contribution in [3.05, 3.63) is 0 Å². The van der Waals surface area contributed by atoms with E-state index in [1.807, 2.05) is 0 Å². The molecule has 0 spiro atoms. The van der Waals surface area contributed by atoms with Crippen LogP contribution in [-0.2, 0) is 9.53 Å². The number of primary amides is 1. The number of carbonyl (C=O) groups excluding carboxylic acids is 1. The van der Waals surface area contributed by atoms with Crippen LogP contribution in [0.3, 0.4) is 0 Å². The maximum absolute atomic E-state index is 10.3. The first-order valence-electron chi connectivity index (χ1n) is 4.23. The van der Waals surface area contributed by atoms with E-state index in [0.717, 1.165) is 19.7 Å². The lowest BCUT2D eigenvalue weighted by molar-refractivity contribution is -0.119. The third-order valence-electron chi connectivity index (χ3n) is 1.99. The Balaban J connectivity index is 1.87. The lowest BCUT2D eigenvalue weighted by atomic mass is 10.0. The van der Waals surface area contributed by atoms with Crippen molar-refractivity contribution in [1.29, 1.82) is 0 Å². The number of hydrogen-bond acceptors (Lipinski definition) is 3. The quantitative estimate of drug-likeness (QED) is 0.565. The van der Waals surface area contributed by atoms with E-state index in [1.54, 1.807) is 0 Å². The number of likely N-dealkylation sites (tertiary alicyclic amines) is 1. The number of nitrogens with two attached hydrogens (primary N) is 1. The van der Waals surface area contributed by atoms with E-state index >= 15 is 0 Å². The second-order valence-electron chi connectivity index (χ2n) is 3.38. The van der Waals surface area contributed by atoms with Gasteiger partial charge in [0.2, 0.25) is 5.91 Å². The lowest BCUT2D eigenvalue weighted by Crippen LogP contribution is -2.45. The summed E-state index contributed by atoms with van der Waals surface area (Å²) >= 11 is 0. The van der Waals surface area contributed by atoms with E-state index in [0.29, 0.717) is 18.9 Å². The van der Waals surface area contributed by atoms with Gasteiger partial charge in [-0.3, -0.25) is 4.79 Å². The summed E-state index contributed by atoms with van der Waals surface area (Å²) in [5, 5.41) is 0. The third kappa shape index (κ3) is 3.19. The molecule has 1 saturated heterocycles. The van der Waals surface area contributed by atoms with Crippen LogP contribution in [0.2, 0.25) is 0 Å². The van der Waals surface area contributed by atoms with Crippen LogP contribution >= 0.6 is 0 Å². The molecule has 12 heavy (non-hydrogen) atoms. The summed E-state index contributed by atoms with van der Waals surface area (Å²) < 4.78 is 5.27. The molecule has 4 nitrogen and oxygen atoms in total. The van der Waals surface area contributed by atoms with E-state index < -0.39 is 0 Å². The van der Waals surface area contributed by atoms with E-state index in [9.17, 15) is 4.79 Å². The maximum Gasteiger partial charge on any atom is 0.219 e. The van der Waals surface area contributed by atoms with Crippen molar-refractivity contribution in [3.8, 4) is 0 Å². The zero-order valence-electron chi connectivity index (χ0n) is 7.45. The number of amides is 1. The molecule has 0 aliphatic carbocycles. The molecule has 0 bridgehead atoms. The molecule has 1 fully saturated rings. The molecule has 1 aliphatic rings. The van der Waals surface area contributed by atoms with Crippen molar-refractivity contribution in [2.75, 3.05) is 33.4 Å². The number of nitrogens with zero attached hydrogens (tertiary/aromatic N) is 1. The maximum atomic E-state index is 10.3. The van der Waals surface area contributed by atoms with Gasteiger partial charge in [-0.05, 0) is 7.05 Å². The molecular weight excluding hydrogens is 156 g/mol. The average molecular weight is 172 g/mol. The highest BCUT2D eigenvalue weighted by Gasteiger charge is 2.22. The molecule has 70 valence electrons. The first-order chi connectivity index (χ1) is 5.68. The van der Waals surface area contributed by atoms with Gasteiger partial charge in [0.05, 0.1) is 13.2 Å². The van der Waals surface area contributed by atoms with Crippen LogP contribution in [0, 0.1) is 5.92 Å². The Bertz CT molecular complexity index is 155. The zero-order valence-corrected chi connectivity index (χ0v) is 7.45. The Labute approximate surface area is 72.7 Å². The molecule has 0 atom stereocenters. The van der Waals surface area contributed by atoms with Crippen LogP contribution < -0.4 is 5.73 Å². The minimum absolute atomic E-state index is 0.291. The fourth-order valence-corrected chi connectivity index (χ4v) is 1.36. The second kappa shape index (κ2) is 4.42. The van der Waals surface area contributed by atoms with E-state index in [-0.39, 0.29) is 5.91 Å². The fraction of sp³-hybridized carbons (Fsp3) is 0.875. The molecule has 2 N–H and O–H groups in total. The SMILES string of the molecule is CN1CC(COCCC(N)=O)C1. The average Bonchev–Trinajstić information content (AvgIpc) is 1.93. The van der Waals surface area contributed by atoms with Gasteiger partial charge in [0.1, 0.15) is 0 Å². The highest BCUT2D eigenvalue weighted by Crippen LogP contribution is 2.12. The smallest absolute Gasteiger partial charge is 0.219 e. The van der Waals surface area contributed by atoms with Crippen LogP contribution in [-0.4, -0.2) is 44.2 Å². The Kier molecular flexibility index (Phi) is 3.49. The van der Waals surface area contributed by atoms with Gasteiger partial charge in [0.15, 0.2) is 0 Å². The summed E-state index contributed by atoms with van der Waals surface area (Å²) in [7, 11) is 2.08. The summed E-state index contributed by atoms with van der Waals surface area (Å²) in [6.45, 7) is 3.44. The lowest BCUT2D eigenvalue weighted by Gasteiger charge is -2.35. The van der Waals surface area contributed by atoms with Crippen molar-refractivity contribution in [2.24, 2.45) is 11.7 Å². The minimum Gasteiger partial charge on any atom is -0.381 e. The van der Waals surface area contributed by atoms with Crippen molar-refractivity contribution in [1.82, 2.24) is 4.90 Å². The van der Waals surface area contributed by atoms with Gasteiger partial charge in [-0.15, -0.1) is 0 Å². The Hall–Kier alpha value is -0.610. The van der Waals surface area contributed by atoms with Crippen LogP contribution in [0.1, 0.15) is 6.42 Å². The Morgan fingerprint density at radius 1 is 1.67 bits per heavy atom. The van der Waals surface area contributed by atoms with Crippen LogP contribution in [0.15, 0.2) is 0 Å². The van der Waals surface area contributed by atoms with Crippen molar-refractivity contribution >= 4 is 5.91 Å². The Morgan fingerprint density at radius 2 is 2.33 bits per heavy atom. The standard InChI is InChI=1S/C8H16N2O2/c1-10-4-7(5-10)6-12-3-2-8(9)11/h7H,2-6H2,1H3,(H2,9,11). The topological polar surface area (TPSA) is 55.6 Å². The second-order valence-corrected chi connectivity index (χ2v) is 3.38. The largest absolute Gasteiger partial charge is 0.381 e. The normalized spacial score (nSPS) is 19.1. The van der Waals surface area contributed by atoms with Gasteiger partial charge in [-0.2, -0.15) is 0 Å². The predicted molar refractivity (Wildman–Crippen MR) is 45.6 cm³/mol. The first-order valence-corrected chi connectivity index (χ1v) is 4.23. The molecule has 1 amide bonds. The molecular formula is C8H16N2O2. The number of hydrogen-bond donors (Lipinski definition) is 1. The van der Waals surface area contributed by atoms with Crippen LogP contribution in [0.5, 0.6) is 0 Å². The molecule has 0 radical (unpaired) electrons. The summed E-state index contributed by atoms with van der Waals surface area (Å²) in [6, 6.07) is 0. The number of carbonyl (C=O) groups is 1. The summed E-state index contributed by atoms with van der Waals surface area (Å²) in [5.41, 5.74) is 4.95. The first kappa shape index (κ1) is 9.48. The Morgan fingerprint density at radius 3 is 2.83 bits per heavy atom. The molecule has 4 heteroatoms. The minimum atomic E-state index is -0.291.